The second-order valence-corrected chi connectivity index (χ2v) is 8.95. The molecule has 5 rings (SSSR count). The summed E-state index contributed by atoms with van der Waals surface area (Å²) in [6.07, 6.45) is 0.980. The van der Waals surface area contributed by atoms with Gasteiger partial charge in [0.2, 0.25) is 0 Å². The summed E-state index contributed by atoms with van der Waals surface area (Å²) in [6, 6.07) is 14.7. The summed E-state index contributed by atoms with van der Waals surface area (Å²) in [5.74, 6) is 3.80. The quantitative estimate of drug-likeness (QED) is 0.403. The van der Waals surface area contributed by atoms with Crippen molar-refractivity contribution in [1.29, 1.82) is 0 Å². The number of thiophene rings is 1. The minimum Gasteiger partial charge on any atom is -0.493 e. The van der Waals surface area contributed by atoms with Crippen molar-refractivity contribution in [3.63, 3.8) is 0 Å². The first-order chi connectivity index (χ1) is 15.6. The molecule has 3 heterocycles. The van der Waals surface area contributed by atoms with Crippen LogP contribution in [0.3, 0.4) is 0 Å². The Balaban J connectivity index is 1.44. The number of rotatable bonds is 6. The Bertz CT molecular complexity index is 1300. The molecular weight excluding hydrogens is 422 g/mol. The van der Waals surface area contributed by atoms with Gasteiger partial charge < -0.3 is 19.5 Å². The van der Waals surface area contributed by atoms with Crippen molar-refractivity contribution in [2.75, 3.05) is 26.1 Å². The Morgan fingerprint density at radius 1 is 1.03 bits per heavy atom. The van der Waals surface area contributed by atoms with Crippen molar-refractivity contribution in [1.82, 2.24) is 9.97 Å². The van der Waals surface area contributed by atoms with Gasteiger partial charge in [-0.25, -0.2) is 9.97 Å². The molecule has 0 saturated heterocycles. The molecule has 32 heavy (non-hydrogen) atoms. The number of hydrogen-bond donors (Lipinski definition) is 1. The lowest BCUT2D eigenvalue weighted by molar-refractivity contribution is 0.356. The van der Waals surface area contributed by atoms with Crippen molar-refractivity contribution in [2.24, 2.45) is 0 Å². The fraction of sp³-hybridized carbons (Fsp3) is 0.280. The molecule has 0 radical (unpaired) electrons. The molecule has 164 valence electrons. The van der Waals surface area contributed by atoms with Gasteiger partial charge in [0.15, 0.2) is 11.5 Å². The Hall–Kier alpha value is -3.32. The number of benzene rings is 2. The first kappa shape index (κ1) is 20.6. The van der Waals surface area contributed by atoms with Gasteiger partial charge in [0.05, 0.1) is 32.4 Å². The highest BCUT2D eigenvalue weighted by atomic mass is 32.1. The summed E-state index contributed by atoms with van der Waals surface area (Å²) < 4.78 is 16.6. The van der Waals surface area contributed by atoms with E-state index in [0.29, 0.717) is 17.3 Å². The molecule has 0 spiro atoms. The van der Waals surface area contributed by atoms with Gasteiger partial charge in [-0.1, -0.05) is 0 Å². The molecule has 0 fully saturated rings. The first-order valence-corrected chi connectivity index (χ1v) is 11.4. The van der Waals surface area contributed by atoms with Crippen LogP contribution >= 0.6 is 11.3 Å². The Morgan fingerprint density at radius 2 is 1.84 bits per heavy atom. The fourth-order valence-corrected chi connectivity index (χ4v) is 5.05. The maximum absolute atomic E-state index is 5.64. The number of anilines is 1. The van der Waals surface area contributed by atoms with Gasteiger partial charge in [-0.2, -0.15) is 0 Å². The van der Waals surface area contributed by atoms with Gasteiger partial charge in [-0.3, -0.25) is 0 Å². The molecule has 0 unspecified atom stereocenters. The summed E-state index contributed by atoms with van der Waals surface area (Å²) in [5.41, 5.74) is 3.34. The summed E-state index contributed by atoms with van der Waals surface area (Å²) in [5, 5.41) is 4.48. The molecule has 2 aromatic heterocycles. The standard InChI is InChI=1S/C25H25N3O3S/c1-14(23-7-8-24(32-23)17-5-6-20-16(11-17)9-10-31-20)26-25-18-12-21(29-3)22(30-4)13-19(18)27-15(2)28-25/h5-8,11-14H,9-10H2,1-4H3,(H,26,27,28)/t14-/m0/s1. The number of ether oxygens (including phenoxy) is 3. The predicted octanol–water partition coefficient (Wildman–Crippen LogP) is 5.79. The lowest BCUT2D eigenvalue weighted by atomic mass is 10.1. The van der Waals surface area contributed by atoms with E-state index >= 15 is 0 Å². The second kappa shape index (κ2) is 8.31. The van der Waals surface area contributed by atoms with Crippen LogP contribution in [0.5, 0.6) is 17.2 Å². The average molecular weight is 448 g/mol. The first-order valence-electron chi connectivity index (χ1n) is 10.6. The number of aromatic nitrogens is 2. The average Bonchev–Trinajstić information content (AvgIpc) is 3.47. The third-order valence-electron chi connectivity index (χ3n) is 5.69. The minimum atomic E-state index is 0.0807. The van der Waals surface area contributed by atoms with Crippen molar-refractivity contribution in [2.45, 2.75) is 26.3 Å². The lowest BCUT2D eigenvalue weighted by Crippen LogP contribution is -2.08. The number of fused-ring (bicyclic) bond motifs is 2. The SMILES string of the molecule is COc1cc2nc(C)nc(N[C@@H](C)c3ccc(-c4ccc5c(c4)CCO5)s3)c2cc1OC. The van der Waals surface area contributed by atoms with Crippen LogP contribution in [0, 0.1) is 6.92 Å². The molecule has 4 aromatic rings. The maximum Gasteiger partial charge on any atom is 0.162 e. The summed E-state index contributed by atoms with van der Waals surface area (Å²) in [4.78, 5) is 11.7. The van der Waals surface area contributed by atoms with Crippen LogP contribution in [0.15, 0.2) is 42.5 Å². The highest BCUT2D eigenvalue weighted by molar-refractivity contribution is 7.15. The van der Waals surface area contributed by atoms with Crippen LogP contribution < -0.4 is 19.5 Å². The van der Waals surface area contributed by atoms with E-state index in [1.807, 2.05) is 19.1 Å². The Labute approximate surface area is 191 Å². The molecule has 6 nitrogen and oxygen atoms in total. The molecule has 1 N–H and O–H groups in total. The van der Waals surface area contributed by atoms with E-state index in [0.717, 1.165) is 35.5 Å². The molecule has 0 bridgehead atoms. The van der Waals surface area contributed by atoms with Gasteiger partial charge in [0.1, 0.15) is 17.4 Å². The van der Waals surface area contributed by atoms with Crippen LogP contribution in [0.1, 0.15) is 29.2 Å². The molecular formula is C25H25N3O3S. The maximum atomic E-state index is 5.64. The van der Waals surface area contributed by atoms with Crippen LogP contribution in [0.25, 0.3) is 21.3 Å². The van der Waals surface area contributed by atoms with Crippen LogP contribution in [0.2, 0.25) is 0 Å². The summed E-state index contributed by atoms with van der Waals surface area (Å²) in [6.45, 7) is 4.82. The normalized spacial score (nSPS) is 13.5. The van der Waals surface area contributed by atoms with E-state index in [1.54, 1.807) is 25.6 Å². The predicted molar refractivity (Wildman–Crippen MR) is 128 cm³/mol. The zero-order chi connectivity index (χ0) is 22.2. The smallest absolute Gasteiger partial charge is 0.162 e. The van der Waals surface area contributed by atoms with Crippen molar-refractivity contribution >= 4 is 28.1 Å². The molecule has 7 heteroatoms. The van der Waals surface area contributed by atoms with Crippen LogP contribution in [-0.2, 0) is 6.42 Å². The monoisotopic (exact) mass is 447 g/mol. The van der Waals surface area contributed by atoms with Crippen LogP contribution in [0.4, 0.5) is 5.82 Å². The molecule has 2 aromatic carbocycles. The van der Waals surface area contributed by atoms with Crippen molar-refractivity contribution < 1.29 is 14.2 Å². The van der Waals surface area contributed by atoms with Gasteiger partial charge in [-0.15, -0.1) is 11.3 Å². The summed E-state index contributed by atoms with van der Waals surface area (Å²) in [7, 11) is 3.26. The zero-order valence-corrected chi connectivity index (χ0v) is 19.4. The zero-order valence-electron chi connectivity index (χ0n) is 18.6. The van der Waals surface area contributed by atoms with E-state index in [-0.39, 0.29) is 6.04 Å². The number of nitrogens with one attached hydrogen (secondary N) is 1. The molecule has 0 saturated carbocycles. The van der Waals surface area contributed by atoms with Gasteiger partial charge >= 0.3 is 0 Å². The molecule has 0 amide bonds. The van der Waals surface area contributed by atoms with Crippen molar-refractivity contribution in [3.8, 4) is 27.7 Å². The van der Waals surface area contributed by atoms with E-state index in [9.17, 15) is 0 Å². The lowest BCUT2D eigenvalue weighted by Gasteiger charge is -2.16. The van der Waals surface area contributed by atoms with E-state index in [4.69, 9.17) is 14.2 Å². The fourth-order valence-electron chi connectivity index (χ4n) is 4.04. The molecule has 0 aliphatic carbocycles. The largest absolute Gasteiger partial charge is 0.493 e. The van der Waals surface area contributed by atoms with E-state index < -0.39 is 0 Å². The number of aryl methyl sites for hydroxylation is 1. The topological polar surface area (TPSA) is 65.5 Å². The Morgan fingerprint density at radius 3 is 2.66 bits per heavy atom. The van der Waals surface area contributed by atoms with Gasteiger partial charge in [0, 0.05) is 27.6 Å². The highest BCUT2D eigenvalue weighted by Gasteiger charge is 2.17. The number of methoxy groups -OCH3 is 2. The second-order valence-electron chi connectivity index (χ2n) is 7.83. The third-order valence-corrected chi connectivity index (χ3v) is 7.01. The van der Waals surface area contributed by atoms with E-state index in [2.05, 4.69) is 52.5 Å². The van der Waals surface area contributed by atoms with Crippen LogP contribution in [-0.4, -0.2) is 30.8 Å². The molecule has 1 aliphatic heterocycles. The molecule has 1 aliphatic rings. The number of nitrogens with zero attached hydrogens (tertiary/aromatic N) is 2. The van der Waals surface area contributed by atoms with Crippen molar-refractivity contribution in [3.05, 3.63) is 58.7 Å². The van der Waals surface area contributed by atoms with Gasteiger partial charge in [-0.05, 0) is 61.4 Å². The highest BCUT2D eigenvalue weighted by Crippen LogP contribution is 2.38. The Kier molecular flexibility index (Phi) is 5.35. The minimum absolute atomic E-state index is 0.0807. The van der Waals surface area contributed by atoms with Gasteiger partial charge in [0.25, 0.3) is 0 Å². The summed E-state index contributed by atoms with van der Waals surface area (Å²) >= 11 is 1.79. The number of hydrogen-bond acceptors (Lipinski definition) is 7. The van der Waals surface area contributed by atoms with E-state index in [1.165, 1.54) is 20.9 Å². The molecule has 1 atom stereocenters. The third kappa shape index (κ3) is 3.73.